The lowest BCUT2D eigenvalue weighted by Crippen LogP contribution is -2.35. The Bertz CT molecular complexity index is 2520. The Morgan fingerprint density at radius 3 is 1.16 bits per heavy atom. The first-order valence-corrected chi connectivity index (χ1v) is 28.5. The molecule has 3 aliphatic rings. The zero-order chi connectivity index (χ0) is 58.7. The molecule has 3 aliphatic carbocycles. The number of rotatable bonds is 30. The van der Waals surface area contributed by atoms with Crippen LogP contribution in [0, 0.1) is 41.4 Å². The first-order chi connectivity index (χ1) is 39.0. The zero-order valence-electron chi connectivity index (χ0n) is 46.9. The van der Waals surface area contributed by atoms with Crippen molar-refractivity contribution >= 4 is 59.7 Å². The number of hydrogen-bond acceptors (Lipinski definition) is 20. The van der Waals surface area contributed by atoms with E-state index in [4.69, 9.17) is 47.4 Å². The van der Waals surface area contributed by atoms with Gasteiger partial charge in [-0.1, -0.05) is 46.8 Å². The fourth-order valence-corrected chi connectivity index (χ4v) is 9.73. The summed E-state index contributed by atoms with van der Waals surface area (Å²) >= 11 is 0. The van der Waals surface area contributed by atoms with Crippen LogP contribution in [0.5, 0.6) is 23.0 Å². The van der Waals surface area contributed by atoms with Crippen molar-refractivity contribution in [1.29, 1.82) is 0 Å². The maximum atomic E-state index is 13.6. The summed E-state index contributed by atoms with van der Waals surface area (Å²) in [7, 11) is 0. The number of esters is 10. The molecule has 0 bridgehead atoms. The van der Waals surface area contributed by atoms with Crippen molar-refractivity contribution in [2.24, 2.45) is 41.4 Å². The highest BCUT2D eigenvalue weighted by molar-refractivity contribution is 5.95. The third-order valence-electron chi connectivity index (χ3n) is 14.6. The van der Waals surface area contributed by atoms with Gasteiger partial charge in [-0.25, -0.2) is 19.2 Å². The number of hydrogen-bond donors (Lipinski definition) is 0. The largest absolute Gasteiger partial charge is 0.465 e. The van der Waals surface area contributed by atoms with Gasteiger partial charge in [0.25, 0.3) is 0 Å². The van der Waals surface area contributed by atoms with Gasteiger partial charge in [0.15, 0.2) is 0 Å². The Morgan fingerprint density at radius 2 is 0.765 bits per heavy atom. The summed E-state index contributed by atoms with van der Waals surface area (Å²) in [5.41, 5.74) is -0.221. The standard InChI is InChI=1S/C61H78O20/c1-6-10-30-75-60(70)48-37-45(25-28-50(48)80-57(67)43-18-16-40(17-19-43)54(64)74-34-14-12-32-72-52(62)8-3)78-55(65)41-20-22-42(23-21-41)56(66)79-46-26-29-51(49(38-46)61(71)76-31-11-7-2)81-58(68)44-24-27-47(39(5)36-44)59(69)77-35-15-13-33-73-53(63)9-4/h8-9,25-26,28-29,37-44,47H,3-4,6-7,10-24,27,30-36H2,1-2,5H3. The molecule has 3 fully saturated rings. The Hall–Kier alpha value is -7.38. The van der Waals surface area contributed by atoms with E-state index in [1.54, 1.807) is 0 Å². The number of ether oxygens (including phenoxy) is 10. The summed E-state index contributed by atoms with van der Waals surface area (Å²) < 4.78 is 54.7. The Balaban J connectivity index is 1.12. The first-order valence-electron chi connectivity index (χ1n) is 28.5. The van der Waals surface area contributed by atoms with Crippen molar-refractivity contribution in [3.05, 3.63) is 72.8 Å². The molecule has 2 aromatic rings. The second-order valence-electron chi connectivity index (χ2n) is 20.7. The van der Waals surface area contributed by atoms with Gasteiger partial charge in [-0.3, -0.25) is 28.8 Å². The predicted octanol–water partition coefficient (Wildman–Crippen LogP) is 9.69. The molecular weight excluding hydrogens is 1050 g/mol. The topological polar surface area (TPSA) is 263 Å². The third-order valence-corrected chi connectivity index (χ3v) is 14.6. The van der Waals surface area contributed by atoms with Gasteiger partial charge in [-0.2, -0.15) is 0 Å². The maximum Gasteiger partial charge on any atom is 0.342 e. The molecule has 5 rings (SSSR count). The summed E-state index contributed by atoms with van der Waals surface area (Å²) in [6.07, 6.45) is 10.7. The molecule has 442 valence electrons. The van der Waals surface area contributed by atoms with Crippen LogP contribution >= 0.6 is 0 Å². The van der Waals surface area contributed by atoms with Crippen molar-refractivity contribution in [3.63, 3.8) is 0 Å². The highest BCUT2D eigenvalue weighted by atomic mass is 16.6. The van der Waals surface area contributed by atoms with Crippen LogP contribution in [0.25, 0.3) is 0 Å². The molecule has 0 aliphatic heterocycles. The lowest BCUT2D eigenvalue weighted by atomic mass is 9.75. The molecule has 0 aromatic heterocycles. The van der Waals surface area contributed by atoms with Gasteiger partial charge in [-0.15, -0.1) is 0 Å². The van der Waals surface area contributed by atoms with Crippen LogP contribution in [0.2, 0.25) is 0 Å². The molecule has 81 heavy (non-hydrogen) atoms. The highest BCUT2D eigenvalue weighted by Gasteiger charge is 2.38. The van der Waals surface area contributed by atoms with Crippen molar-refractivity contribution < 1.29 is 95.3 Å². The molecule has 0 amide bonds. The average molecular weight is 1130 g/mol. The second kappa shape index (κ2) is 34.0. The molecule has 3 unspecified atom stereocenters. The average Bonchev–Trinajstić information content (AvgIpc) is 3.61. The Kier molecular flexibility index (Phi) is 27.1. The minimum atomic E-state index is -0.773. The molecule has 0 radical (unpaired) electrons. The van der Waals surface area contributed by atoms with Crippen LogP contribution < -0.4 is 18.9 Å². The van der Waals surface area contributed by atoms with Gasteiger partial charge in [0, 0.05) is 12.2 Å². The second-order valence-corrected chi connectivity index (χ2v) is 20.7. The molecule has 0 heterocycles. The normalized spacial score (nSPS) is 20.4. The van der Waals surface area contributed by atoms with E-state index in [1.807, 2.05) is 20.8 Å². The summed E-state index contributed by atoms with van der Waals surface area (Å²) in [5.74, 6) is -9.04. The minimum Gasteiger partial charge on any atom is -0.465 e. The van der Waals surface area contributed by atoms with E-state index in [-0.39, 0.29) is 123 Å². The molecule has 20 heteroatoms. The molecule has 3 saturated carbocycles. The molecule has 0 saturated heterocycles. The van der Waals surface area contributed by atoms with E-state index in [2.05, 4.69) is 13.2 Å². The maximum absolute atomic E-state index is 13.6. The van der Waals surface area contributed by atoms with Gasteiger partial charge in [0.2, 0.25) is 0 Å². The van der Waals surface area contributed by atoms with Crippen molar-refractivity contribution in [3.8, 4) is 23.0 Å². The zero-order valence-corrected chi connectivity index (χ0v) is 46.9. The minimum absolute atomic E-state index is 0.0212. The number of carbonyl (C=O) groups excluding carboxylic acids is 10. The fourth-order valence-electron chi connectivity index (χ4n) is 9.73. The monoisotopic (exact) mass is 1130 g/mol. The first kappa shape index (κ1) is 64.4. The fraction of sp³-hybridized carbons (Fsp3) is 0.574. The lowest BCUT2D eigenvalue weighted by molar-refractivity contribution is -0.154. The van der Waals surface area contributed by atoms with E-state index < -0.39 is 77.3 Å². The van der Waals surface area contributed by atoms with E-state index in [0.717, 1.165) is 25.0 Å². The van der Waals surface area contributed by atoms with Gasteiger partial charge < -0.3 is 47.4 Å². The van der Waals surface area contributed by atoms with E-state index in [0.29, 0.717) is 83.5 Å². The highest BCUT2D eigenvalue weighted by Crippen LogP contribution is 2.38. The van der Waals surface area contributed by atoms with Crippen LogP contribution in [-0.4, -0.2) is 99.3 Å². The molecule has 0 spiro atoms. The lowest BCUT2D eigenvalue weighted by Gasteiger charge is -2.31. The quantitative estimate of drug-likeness (QED) is 0.0231. The van der Waals surface area contributed by atoms with Gasteiger partial charge >= 0.3 is 59.7 Å². The van der Waals surface area contributed by atoms with Crippen molar-refractivity contribution in [2.75, 3.05) is 39.6 Å². The summed E-state index contributed by atoms with van der Waals surface area (Å²) in [5, 5.41) is 0. The van der Waals surface area contributed by atoms with Crippen LogP contribution in [-0.2, 0) is 66.8 Å². The number of carbonyl (C=O) groups is 10. The van der Waals surface area contributed by atoms with E-state index >= 15 is 0 Å². The number of unbranched alkanes of at least 4 members (excludes halogenated alkanes) is 4. The molecule has 20 nitrogen and oxygen atoms in total. The van der Waals surface area contributed by atoms with Crippen molar-refractivity contribution in [2.45, 2.75) is 143 Å². The van der Waals surface area contributed by atoms with Crippen LogP contribution in [0.1, 0.15) is 163 Å². The van der Waals surface area contributed by atoms with Crippen LogP contribution in [0.4, 0.5) is 0 Å². The predicted molar refractivity (Wildman–Crippen MR) is 289 cm³/mol. The van der Waals surface area contributed by atoms with E-state index in [1.165, 1.54) is 36.4 Å². The SMILES string of the molecule is C=CC(=O)OCCCCOC(=O)C1CCC(C(=O)Oc2ccc(OC(=O)C3CCC(C(=O)Oc4ccc(OC(=O)C5CCC(C(=O)OCCCCOC(=O)C=C)C(C)C5)c(C(=O)OCCCC)c4)CC3)cc2C(=O)OCCCC)CC1. The van der Waals surface area contributed by atoms with Crippen LogP contribution in [0.15, 0.2) is 61.7 Å². The summed E-state index contributed by atoms with van der Waals surface area (Å²) in [4.78, 5) is 129. The Labute approximate surface area is 473 Å². The Morgan fingerprint density at radius 1 is 0.420 bits per heavy atom. The number of benzene rings is 2. The van der Waals surface area contributed by atoms with E-state index in [9.17, 15) is 47.9 Å². The molecule has 0 N–H and O–H groups in total. The van der Waals surface area contributed by atoms with Gasteiger partial charge in [0.05, 0.1) is 75.1 Å². The smallest absolute Gasteiger partial charge is 0.342 e. The van der Waals surface area contributed by atoms with Crippen LogP contribution in [0.3, 0.4) is 0 Å². The van der Waals surface area contributed by atoms with Gasteiger partial charge in [0.1, 0.15) is 34.1 Å². The summed E-state index contributed by atoms with van der Waals surface area (Å²) in [6, 6.07) is 8.15. The summed E-state index contributed by atoms with van der Waals surface area (Å²) in [6.45, 7) is 13.4. The van der Waals surface area contributed by atoms with Gasteiger partial charge in [-0.05, 0) is 151 Å². The molecular formula is C61H78O20. The molecule has 2 aromatic carbocycles. The molecule has 3 atom stereocenters. The van der Waals surface area contributed by atoms with Crippen molar-refractivity contribution in [1.82, 2.24) is 0 Å². The third kappa shape index (κ3) is 20.9.